The standard InChI is InChI=1S/C14H23NO/c1-15-9-13(16)8-14-5-10-2-11(6-14)4-12(3-10)7-14/h10-12,15H,2-9H2,1H3. The summed E-state index contributed by atoms with van der Waals surface area (Å²) < 4.78 is 0. The predicted molar refractivity (Wildman–Crippen MR) is 64.2 cm³/mol. The van der Waals surface area contributed by atoms with Gasteiger partial charge >= 0.3 is 0 Å². The zero-order chi connectivity index (χ0) is 11.2. The Morgan fingerprint density at radius 1 is 1.12 bits per heavy atom. The largest absolute Gasteiger partial charge is 0.313 e. The molecule has 0 aliphatic heterocycles. The molecule has 4 saturated carbocycles. The molecule has 0 saturated heterocycles. The van der Waals surface area contributed by atoms with Crippen molar-refractivity contribution in [2.75, 3.05) is 13.6 Å². The summed E-state index contributed by atoms with van der Waals surface area (Å²) in [6.45, 7) is 0.571. The van der Waals surface area contributed by atoms with Crippen molar-refractivity contribution in [3.05, 3.63) is 0 Å². The Bertz CT molecular complexity index is 262. The number of carbonyl (C=O) groups is 1. The number of hydrogen-bond donors (Lipinski definition) is 1. The van der Waals surface area contributed by atoms with Crippen LogP contribution in [0.5, 0.6) is 0 Å². The third-order valence-electron chi connectivity index (χ3n) is 5.11. The van der Waals surface area contributed by atoms with Crippen LogP contribution in [0.25, 0.3) is 0 Å². The van der Waals surface area contributed by atoms with E-state index in [1.54, 1.807) is 0 Å². The maximum Gasteiger partial charge on any atom is 0.147 e. The summed E-state index contributed by atoms with van der Waals surface area (Å²) in [7, 11) is 1.87. The second-order valence-corrected chi connectivity index (χ2v) is 6.66. The highest BCUT2D eigenvalue weighted by Crippen LogP contribution is 2.61. The molecule has 4 aliphatic rings. The average Bonchev–Trinajstić information content (AvgIpc) is 2.13. The fourth-order valence-electron chi connectivity index (χ4n) is 5.18. The summed E-state index contributed by atoms with van der Waals surface area (Å²) in [4.78, 5) is 11.9. The van der Waals surface area contributed by atoms with E-state index in [0.717, 1.165) is 24.2 Å². The minimum Gasteiger partial charge on any atom is -0.313 e. The molecular formula is C14H23NO. The molecule has 0 aromatic carbocycles. The van der Waals surface area contributed by atoms with Crippen LogP contribution in [-0.2, 0) is 4.79 Å². The number of carbonyl (C=O) groups excluding carboxylic acids is 1. The van der Waals surface area contributed by atoms with Gasteiger partial charge in [0.15, 0.2) is 0 Å². The van der Waals surface area contributed by atoms with Crippen molar-refractivity contribution in [1.82, 2.24) is 5.32 Å². The summed E-state index contributed by atoms with van der Waals surface area (Å²) in [6.07, 6.45) is 9.34. The normalized spacial score (nSPS) is 44.9. The molecule has 4 fully saturated rings. The molecule has 0 spiro atoms. The molecule has 0 heterocycles. The van der Waals surface area contributed by atoms with Crippen LogP contribution in [0.15, 0.2) is 0 Å². The summed E-state index contributed by atoms with van der Waals surface area (Å²) in [6, 6.07) is 0. The first kappa shape index (κ1) is 10.8. The van der Waals surface area contributed by atoms with Gasteiger partial charge in [-0.2, -0.15) is 0 Å². The van der Waals surface area contributed by atoms with E-state index in [1.165, 1.54) is 38.5 Å². The molecule has 4 bridgehead atoms. The van der Waals surface area contributed by atoms with Crippen LogP contribution < -0.4 is 5.32 Å². The van der Waals surface area contributed by atoms with Crippen molar-refractivity contribution >= 4 is 5.78 Å². The van der Waals surface area contributed by atoms with Gasteiger partial charge in [-0.15, -0.1) is 0 Å². The Morgan fingerprint density at radius 3 is 2.06 bits per heavy atom. The molecule has 0 radical (unpaired) electrons. The lowest BCUT2D eigenvalue weighted by molar-refractivity contribution is -0.126. The molecule has 0 amide bonds. The first-order valence-corrected chi connectivity index (χ1v) is 6.85. The lowest BCUT2D eigenvalue weighted by atomic mass is 9.48. The van der Waals surface area contributed by atoms with Gasteiger partial charge in [0.2, 0.25) is 0 Å². The Morgan fingerprint density at radius 2 is 1.62 bits per heavy atom. The maximum absolute atomic E-state index is 11.9. The van der Waals surface area contributed by atoms with E-state index in [9.17, 15) is 4.79 Å². The minimum atomic E-state index is 0.433. The summed E-state index contributed by atoms with van der Waals surface area (Å²) in [5, 5.41) is 3.00. The topological polar surface area (TPSA) is 29.1 Å². The van der Waals surface area contributed by atoms with Crippen LogP contribution in [0.1, 0.15) is 44.9 Å². The third kappa shape index (κ3) is 1.81. The van der Waals surface area contributed by atoms with Crippen molar-refractivity contribution < 1.29 is 4.79 Å². The molecule has 1 N–H and O–H groups in total. The molecular weight excluding hydrogens is 198 g/mol. The van der Waals surface area contributed by atoms with E-state index in [4.69, 9.17) is 0 Å². The van der Waals surface area contributed by atoms with E-state index in [2.05, 4.69) is 5.32 Å². The fraction of sp³-hybridized carbons (Fsp3) is 0.929. The minimum absolute atomic E-state index is 0.433. The third-order valence-corrected chi connectivity index (χ3v) is 5.11. The number of likely N-dealkylation sites (N-methyl/N-ethyl adjacent to an activating group) is 1. The number of Topliss-reactive ketones (excluding diaryl/α,β-unsaturated/α-hetero) is 1. The molecule has 16 heavy (non-hydrogen) atoms. The molecule has 0 aromatic rings. The first-order valence-electron chi connectivity index (χ1n) is 6.85. The van der Waals surface area contributed by atoms with E-state index < -0.39 is 0 Å². The maximum atomic E-state index is 11.9. The number of hydrogen-bond acceptors (Lipinski definition) is 2. The molecule has 4 rings (SSSR count). The van der Waals surface area contributed by atoms with Crippen molar-refractivity contribution in [2.45, 2.75) is 44.9 Å². The van der Waals surface area contributed by atoms with Crippen LogP contribution in [0, 0.1) is 23.2 Å². The zero-order valence-electron chi connectivity index (χ0n) is 10.3. The summed E-state index contributed by atoms with van der Waals surface area (Å²) in [5.74, 6) is 3.33. The molecule has 2 nitrogen and oxygen atoms in total. The Labute approximate surface area is 98.2 Å². The lowest BCUT2D eigenvalue weighted by Gasteiger charge is -2.56. The second kappa shape index (κ2) is 3.83. The monoisotopic (exact) mass is 221 g/mol. The van der Waals surface area contributed by atoms with Crippen LogP contribution in [0.3, 0.4) is 0 Å². The SMILES string of the molecule is CNCC(=O)CC12CC3CC(CC(C3)C1)C2. The number of ketones is 1. The number of nitrogens with one attached hydrogen (secondary N) is 1. The lowest BCUT2D eigenvalue weighted by Crippen LogP contribution is -2.47. The van der Waals surface area contributed by atoms with Crippen LogP contribution in [0.2, 0.25) is 0 Å². The van der Waals surface area contributed by atoms with Crippen molar-refractivity contribution in [3.63, 3.8) is 0 Å². The van der Waals surface area contributed by atoms with Crippen LogP contribution in [0.4, 0.5) is 0 Å². The summed E-state index contributed by atoms with van der Waals surface area (Å²) in [5.41, 5.74) is 0.433. The van der Waals surface area contributed by atoms with Gasteiger partial charge < -0.3 is 5.32 Å². The second-order valence-electron chi connectivity index (χ2n) is 6.66. The molecule has 0 unspecified atom stereocenters. The van der Waals surface area contributed by atoms with Gasteiger partial charge in [0.05, 0.1) is 6.54 Å². The van der Waals surface area contributed by atoms with Crippen molar-refractivity contribution in [1.29, 1.82) is 0 Å². The molecule has 4 aliphatic carbocycles. The van der Waals surface area contributed by atoms with Gasteiger partial charge in [-0.05, 0) is 68.7 Å². The quantitative estimate of drug-likeness (QED) is 0.789. The highest BCUT2D eigenvalue weighted by atomic mass is 16.1. The van der Waals surface area contributed by atoms with E-state index in [1.807, 2.05) is 7.05 Å². The first-order chi connectivity index (χ1) is 7.69. The molecule has 0 atom stereocenters. The van der Waals surface area contributed by atoms with Crippen molar-refractivity contribution in [2.24, 2.45) is 23.2 Å². The Kier molecular flexibility index (Phi) is 2.58. The van der Waals surface area contributed by atoms with Gasteiger partial charge in [-0.1, -0.05) is 0 Å². The fourth-order valence-corrected chi connectivity index (χ4v) is 5.18. The smallest absolute Gasteiger partial charge is 0.147 e. The molecule has 2 heteroatoms. The van der Waals surface area contributed by atoms with E-state index >= 15 is 0 Å². The highest BCUT2D eigenvalue weighted by Gasteiger charge is 2.51. The molecule has 90 valence electrons. The Hall–Kier alpha value is -0.370. The van der Waals surface area contributed by atoms with Gasteiger partial charge in [0.25, 0.3) is 0 Å². The number of rotatable bonds is 4. The summed E-state index contributed by atoms with van der Waals surface area (Å²) >= 11 is 0. The van der Waals surface area contributed by atoms with Gasteiger partial charge in [0.1, 0.15) is 5.78 Å². The van der Waals surface area contributed by atoms with Gasteiger partial charge in [-0.25, -0.2) is 0 Å². The van der Waals surface area contributed by atoms with E-state index in [-0.39, 0.29) is 0 Å². The van der Waals surface area contributed by atoms with Crippen LogP contribution >= 0.6 is 0 Å². The average molecular weight is 221 g/mol. The predicted octanol–water partition coefficient (Wildman–Crippen LogP) is 2.38. The highest BCUT2D eigenvalue weighted by molar-refractivity contribution is 5.81. The van der Waals surface area contributed by atoms with Crippen LogP contribution in [-0.4, -0.2) is 19.4 Å². The van der Waals surface area contributed by atoms with Gasteiger partial charge in [0, 0.05) is 6.42 Å². The Balaban J connectivity index is 1.71. The molecule has 0 aromatic heterocycles. The van der Waals surface area contributed by atoms with Gasteiger partial charge in [-0.3, -0.25) is 4.79 Å². The zero-order valence-corrected chi connectivity index (χ0v) is 10.3. The van der Waals surface area contributed by atoms with Crippen molar-refractivity contribution in [3.8, 4) is 0 Å². The van der Waals surface area contributed by atoms with E-state index in [0.29, 0.717) is 17.7 Å².